The fourth-order valence-electron chi connectivity index (χ4n) is 3.15. The standard InChI is InChI=1S/C16H17BrO3/c1-3-4-6-11-13(18)8-10-16(15(19)20-2)9-5-7-12(17)14(11)16/h7-8,10-11,14H,5-6,9H2,1-2H3/t11-,14+,16-/m1/s1. The van der Waals surface area contributed by atoms with Crippen molar-refractivity contribution in [1.82, 2.24) is 0 Å². The van der Waals surface area contributed by atoms with E-state index in [0.717, 1.165) is 10.9 Å². The van der Waals surface area contributed by atoms with E-state index in [0.29, 0.717) is 12.8 Å². The van der Waals surface area contributed by atoms with E-state index < -0.39 is 5.41 Å². The highest BCUT2D eigenvalue weighted by molar-refractivity contribution is 9.11. The van der Waals surface area contributed by atoms with Gasteiger partial charge in [0.2, 0.25) is 0 Å². The third kappa shape index (κ3) is 2.35. The maximum absolute atomic E-state index is 12.3. The van der Waals surface area contributed by atoms with Crippen molar-refractivity contribution in [1.29, 1.82) is 0 Å². The molecule has 2 aliphatic carbocycles. The van der Waals surface area contributed by atoms with Gasteiger partial charge in [-0.2, -0.15) is 0 Å². The van der Waals surface area contributed by atoms with Crippen molar-refractivity contribution in [2.75, 3.05) is 7.11 Å². The predicted octanol–water partition coefficient (Wildman–Crippen LogP) is 3.00. The van der Waals surface area contributed by atoms with Gasteiger partial charge in [0, 0.05) is 18.3 Å². The summed E-state index contributed by atoms with van der Waals surface area (Å²) < 4.78 is 5.91. The Morgan fingerprint density at radius 3 is 3.00 bits per heavy atom. The van der Waals surface area contributed by atoms with Crippen LogP contribution in [0.2, 0.25) is 0 Å². The number of esters is 1. The lowest BCUT2D eigenvalue weighted by Crippen LogP contribution is -2.47. The van der Waals surface area contributed by atoms with E-state index in [1.165, 1.54) is 13.2 Å². The number of hydrogen-bond acceptors (Lipinski definition) is 3. The Bertz CT molecular complexity index is 550. The molecule has 0 aliphatic heterocycles. The molecule has 0 N–H and O–H groups in total. The van der Waals surface area contributed by atoms with Crippen LogP contribution in [-0.2, 0) is 14.3 Å². The van der Waals surface area contributed by atoms with Gasteiger partial charge in [0.1, 0.15) is 0 Å². The molecule has 0 bridgehead atoms. The Labute approximate surface area is 127 Å². The van der Waals surface area contributed by atoms with Crippen LogP contribution in [0, 0.1) is 29.1 Å². The summed E-state index contributed by atoms with van der Waals surface area (Å²) in [6, 6.07) is 0. The number of ketones is 1. The maximum Gasteiger partial charge on any atom is 0.316 e. The van der Waals surface area contributed by atoms with Crippen LogP contribution in [0.25, 0.3) is 0 Å². The van der Waals surface area contributed by atoms with Crippen LogP contribution in [0.5, 0.6) is 0 Å². The number of hydrogen-bond donors (Lipinski definition) is 0. The maximum atomic E-state index is 12.3. The van der Waals surface area contributed by atoms with Crippen molar-refractivity contribution in [2.24, 2.45) is 17.3 Å². The first-order valence-electron chi connectivity index (χ1n) is 6.63. The Hall–Kier alpha value is -1.34. The number of carbonyl (C=O) groups excluding carboxylic acids is 2. The van der Waals surface area contributed by atoms with Crippen LogP contribution in [-0.4, -0.2) is 18.9 Å². The molecule has 0 fully saturated rings. The number of allylic oxidation sites excluding steroid dienone is 3. The Balaban J connectivity index is 2.51. The number of rotatable bonds is 2. The third-order valence-corrected chi connectivity index (χ3v) is 4.94. The van der Waals surface area contributed by atoms with Crippen molar-refractivity contribution in [3.05, 3.63) is 22.7 Å². The van der Waals surface area contributed by atoms with Gasteiger partial charge in [-0.25, -0.2) is 0 Å². The molecule has 2 aliphatic rings. The number of halogens is 1. The molecule has 106 valence electrons. The van der Waals surface area contributed by atoms with Crippen LogP contribution in [0.15, 0.2) is 22.7 Å². The average Bonchev–Trinajstić information content (AvgIpc) is 2.46. The summed E-state index contributed by atoms with van der Waals surface area (Å²) in [4.78, 5) is 24.5. The largest absolute Gasteiger partial charge is 0.468 e. The van der Waals surface area contributed by atoms with Crippen molar-refractivity contribution in [2.45, 2.75) is 26.2 Å². The van der Waals surface area contributed by atoms with Crippen LogP contribution in [0.4, 0.5) is 0 Å². The Kier molecular flexibility index (Phi) is 4.49. The molecular weight excluding hydrogens is 320 g/mol. The van der Waals surface area contributed by atoms with E-state index in [1.54, 1.807) is 13.0 Å². The minimum absolute atomic E-state index is 0.0320. The lowest BCUT2D eigenvalue weighted by Gasteiger charge is -2.44. The quantitative estimate of drug-likeness (QED) is 0.575. The van der Waals surface area contributed by atoms with Crippen LogP contribution < -0.4 is 0 Å². The number of ether oxygens (including phenoxy) is 1. The van der Waals surface area contributed by atoms with E-state index >= 15 is 0 Å². The van der Waals surface area contributed by atoms with Gasteiger partial charge in [-0.3, -0.25) is 9.59 Å². The summed E-state index contributed by atoms with van der Waals surface area (Å²) >= 11 is 3.54. The summed E-state index contributed by atoms with van der Waals surface area (Å²) in [7, 11) is 1.39. The molecule has 0 aromatic rings. The highest BCUT2D eigenvalue weighted by Crippen LogP contribution is 2.52. The van der Waals surface area contributed by atoms with Gasteiger partial charge in [-0.05, 0) is 30.3 Å². The van der Waals surface area contributed by atoms with Crippen molar-refractivity contribution < 1.29 is 14.3 Å². The molecule has 20 heavy (non-hydrogen) atoms. The summed E-state index contributed by atoms with van der Waals surface area (Å²) in [6.07, 6.45) is 7.23. The number of carbonyl (C=O) groups is 2. The van der Waals surface area contributed by atoms with Crippen molar-refractivity contribution in [3.63, 3.8) is 0 Å². The summed E-state index contributed by atoms with van der Waals surface area (Å²) in [5.74, 6) is 5.05. The van der Waals surface area contributed by atoms with Crippen LogP contribution >= 0.6 is 15.9 Å². The van der Waals surface area contributed by atoms with Crippen molar-refractivity contribution in [3.8, 4) is 11.8 Å². The van der Waals surface area contributed by atoms with E-state index in [9.17, 15) is 9.59 Å². The molecule has 0 saturated heterocycles. The van der Waals surface area contributed by atoms with Crippen molar-refractivity contribution >= 4 is 27.7 Å². The highest BCUT2D eigenvalue weighted by atomic mass is 79.9. The monoisotopic (exact) mass is 336 g/mol. The fourth-order valence-corrected chi connectivity index (χ4v) is 4.11. The first-order valence-corrected chi connectivity index (χ1v) is 7.42. The fraction of sp³-hybridized carbons (Fsp3) is 0.500. The Morgan fingerprint density at radius 2 is 2.35 bits per heavy atom. The molecule has 0 spiro atoms. The molecule has 0 amide bonds. The van der Waals surface area contributed by atoms with Gasteiger partial charge in [-0.1, -0.05) is 28.1 Å². The van der Waals surface area contributed by atoms with E-state index in [4.69, 9.17) is 4.74 Å². The molecule has 0 aromatic heterocycles. The molecule has 4 heteroatoms. The summed E-state index contributed by atoms with van der Waals surface area (Å²) in [6.45, 7) is 1.75. The third-order valence-electron chi connectivity index (χ3n) is 4.13. The lowest BCUT2D eigenvalue weighted by atomic mass is 9.60. The highest BCUT2D eigenvalue weighted by Gasteiger charge is 2.53. The molecule has 3 nitrogen and oxygen atoms in total. The van der Waals surface area contributed by atoms with Crippen LogP contribution in [0.1, 0.15) is 26.2 Å². The molecule has 3 atom stereocenters. The molecular formula is C16H17BrO3. The van der Waals surface area contributed by atoms with E-state index in [2.05, 4.69) is 27.8 Å². The van der Waals surface area contributed by atoms with E-state index in [-0.39, 0.29) is 23.6 Å². The second-order valence-electron chi connectivity index (χ2n) is 5.11. The summed E-state index contributed by atoms with van der Waals surface area (Å²) in [5, 5.41) is 0. The number of fused-ring (bicyclic) bond motifs is 1. The van der Waals surface area contributed by atoms with Gasteiger partial charge in [0.15, 0.2) is 5.78 Å². The predicted molar refractivity (Wildman–Crippen MR) is 79.9 cm³/mol. The molecule has 0 aromatic carbocycles. The molecule has 0 unspecified atom stereocenters. The van der Waals surface area contributed by atoms with E-state index in [1.807, 2.05) is 6.08 Å². The molecule has 0 radical (unpaired) electrons. The molecule has 2 rings (SSSR count). The summed E-state index contributed by atoms with van der Waals surface area (Å²) in [5.41, 5.74) is -0.740. The lowest BCUT2D eigenvalue weighted by molar-refractivity contribution is -0.154. The average molecular weight is 337 g/mol. The minimum atomic E-state index is -0.740. The zero-order valence-corrected chi connectivity index (χ0v) is 13.2. The first kappa shape index (κ1) is 15.1. The SMILES string of the molecule is CC#CC[C@@H]1C(=O)C=C[C@]2(C(=O)OC)CCC=C(Br)[C@H]12. The zero-order valence-electron chi connectivity index (χ0n) is 11.6. The molecule has 0 heterocycles. The second-order valence-corrected chi connectivity index (χ2v) is 6.03. The van der Waals surface area contributed by atoms with Gasteiger partial charge >= 0.3 is 5.97 Å². The van der Waals surface area contributed by atoms with Gasteiger partial charge in [0.05, 0.1) is 12.5 Å². The molecule has 0 saturated carbocycles. The smallest absolute Gasteiger partial charge is 0.316 e. The first-order chi connectivity index (χ1) is 9.56. The van der Waals surface area contributed by atoms with Gasteiger partial charge < -0.3 is 4.74 Å². The van der Waals surface area contributed by atoms with Gasteiger partial charge in [-0.15, -0.1) is 11.8 Å². The zero-order chi connectivity index (χ0) is 14.8. The minimum Gasteiger partial charge on any atom is -0.468 e. The Morgan fingerprint density at radius 1 is 1.60 bits per heavy atom. The second kappa shape index (κ2) is 5.97. The topological polar surface area (TPSA) is 43.4 Å². The van der Waals surface area contributed by atoms with Gasteiger partial charge in [0.25, 0.3) is 0 Å². The van der Waals surface area contributed by atoms with Crippen LogP contribution in [0.3, 0.4) is 0 Å². The number of methoxy groups -OCH3 is 1. The normalized spacial score (nSPS) is 31.8.